The van der Waals surface area contributed by atoms with Crippen LogP contribution < -0.4 is 0 Å². The molecule has 0 unspecified atom stereocenters. The van der Waals surface area contributed by atoms with Gasteiger partial charge in [-0.3, -0.25) is 4.68 Å². The van der Waals surface area contributed by atoms with Gasteiger partial charge in [-0.15, -0.1) is 0 Å². The van der Waals surface area contributed by atoms with Gasteiger partial charge in [-0.2, -0.15) is 5.10 Å². The Hall–Kier alpha value is -0.360. The van der Waals surface area contributed by atoms with Crippen LogP contribution in [0.4, 0.5) is 0 Å². The number of hydrogen-bond acceptors (Lipinski definition) is 3. The zero-order valence-corrected chi connectivity index (χ0v) is 11.5. The first-order chi connectivity index (χ1) is 6.87. The second-order valence-corrected chi connectivity index (χ2v) is 6.71. The number of hydrogen-bond donors (Lipinski definition) is 0. The minimum atomic E-state index is -2.91. The average Bonchev–Trinajstić information content (AvgIpc) is 2.43. The lowest BCUT2D eigenvalue weighted by atomic mass is 10.4. The number of aryl methyl sites for hydroxylation is 2. The van der Waals surface area contributed by atoms with E-state index in [1.165, 1.54) is 0 Å². The predicted octanol–water partition coefficient (Wildman–Crippen LogP) is 1.70. The Morgan fingerprint density at radius 1 is 1.40 bits per heavy atom. The first kappa shape index (κ1) is 12.7. The molecule has 6 heteroatoms. The maximum absolute atomic E-state index is 11.3. The molecule has 1 rings (SSSR count). The third kappa shape index (κ3) is 3.04. The summed E-state index contributed by atoms with van der Waals surface area (Å²) in [6, 6.07) is 0. The number of sulfone groups is 1. The molecule has 0 N–H and O–H groups in total. The smallest absolute Gasteiger partial charge is 0.151 e. The Balaban J connectivity index is 2.79. The maximum Gasteiger partial charge on any atom is 0.151 e. The summed E-state index contributed by atoms with van der Waals surface area (Å²) >= 11 is 3.40. The molecule has 1 aromatic rings. The summed E-state index contributed by atoms with van der Waals surface area (Å²) in [5.41, 5.74) is 1.86. The van der Waals surface area contributed by atoms with Crippen LogP contribution in [0.3, 0.4) is 0 Å². The quantitative estimate of drug-likeness (QED) is 0.849. The van der Waals surface area contributed by atoms with Crippen LogP contribution in [0, 0.1) is 13.8 Å². The Morgan fingerprint density at radius 3 is 2.40 bits per heavy atom. The fourth-order valence-corrected chi connectivity index (χ4v) is 2.29. The molecular formula is C9H15BrN2O2S. The highest BCUT2D eigenvalue weighted by Crippen LogP contribution is 2.19. The van der Waals surface area contributed by atoms with Crippen molar-refractivity contribution in [1.29, 1.82) is 0 Å². The molecule has 1 aromatic heterocycles. The molecule has 1 heterocycles. The first-order valence-corrected chi connectivity index (χ1v) is 7.38. The van der Waals surface area contributed by atoms with Gasteiger partial charge in [0.25, 0.3) is 0 Å². The van der Waals surface area contributed by atoms with Crippen LogP contribution in [0.5, 0.6) is 0 Å². The minimum Gasteiger partial charge on any atom is -0.267 e. The van der Waals surface area contributed by atoms with Gasteiger partial charge in [0.2, 0.25) is 0 Å². The lowest BCUT2D eigenvalue weighted by molar-refractivity contribution is 0.577. The molecule has 0 atom stereocenters. The van der Waals surface area contributed by atoms with E-state index in [4.69, 9.17) is 0 Å². The van der Waals surface area contributed by atoms with Crippen LogP contribution in [0.1, 0.15) is 18.3 Å². The molecule has 0 bridgehead atoms. The molecule has 0 aliphatic heterocycles. The highest BCUT2D eigenvalue weighted by Gasteiger charge is 2.12. The largest absolute Gasteiger partial charge is 0.267 e. The minimum absolute atomic E-state index is 0.151. The summed E-state index contributed by atoms with van der Waals surface area (Å²) in [6.07, 6.45) is 0. The van der Waals surface area contributed by atoms with E-state index >= 15 is 0 Å². The van der Waals surface area contributed by atoms with Gasteiger partial charge in [-0.25, -0.2) is 8.42 Å². The van der Waals surface area contributed by atoms with E-state index in [-0.39, 0.29) is 11.5 Å². The van der Waals surface area contributed by atoms with Crippen molar-refractivity contribution in [3.63, 3.8) is 0 Å². The zero-order chi connectivity index (χ0) is 11.6. The molecule has 0 radical (unpaired) electrons. The maximum atomic E-state index is 11.3. The molecule has 0 saturated carbocycles. The van der Waals surface area contributed by atoms with Crippen LogP contribution in [0.15, 0.2) is 4.47 Å². The van der Waals surface area contributed by atoms with E-state index < -0.39 is 9.84 Å². The average molecular weight is 295 g/mol. The molecule has 86 valence electrons. The molecule has 0 fully saturated rings. The van der Waals surface area contributed by atoms with Crippen molar-refractivity contribution in [3.8, 4) is 0 Å². The summed E-state index contributed by atoms with van der Waals surface area (Å²) in [4.78, 5) is 0. The number of nitrogens with zero attached hydrogens (tertiary/aromatic N) is 2. The van der Waals surface area contributed by atoms with Crippen molar-refractivity contribution in [2.24, 2.45) is 0 Å². The number of rotatable bonds is 4. The van der Waals surface area contributed by atoms with Gasteiger partial charge < -0.3 is 0 Å². The summed E-state index contributed by atoms with van der Waals surface area (Å²) in [5, 5.41) is 4.25. The zero-order valence-electron chi connectivity index (χ0n) is 9.12. The second-order valence-electron chi connectivity index (χ2n) is 3.44. The Labute approximate surface area is 98.7 Å². The van der Waals surface area contributed by atoms with Crippen LogP contribution in [0.2, 0.25) is 0 Å². The lowest BCUT2D eigenvalue weighted by Gasteiger charge is -2.04. The summed E-state index contributed by atoms with van der Waals surface area (Å²) in [5.74, 6) is 0.339. The van der Waals surface area contributed by atoms with E-state index in [0.29, 0.717) is 6.54 Å². The molecule has 4 nitrogen and oxygen atoms in total. The van der Waals surface area contributed by atoms with E-state index in [2.05, 4.69) is 21.0 Å². The van der Waals surface area contributed by atoms with Crippen LogP contribution >= 0.6 is 15.9 Å². The van der Waals surface area contributed by atoms with E-state index in [1.54, 1.807) is 11.6 Å². The standard InChI is InChI=1S/C9H15BrN2O2S/c1-4-15(13,14)6-5-12-8(3)9(10)7(2)11-12/h4-6H2,1-3H3. The SMILES string of the molecule is CCS(=O)(=O)CCn1nc(C)c(Br)c1C. The fraction of sp³-hybridized carbons (Fsp3) is 0.667. The highest BCUT2D eigenvalue weighted by molar-refractivity contribution is 9.10. The molecule has 0 amide bonds. The molecule has 0 aliphatic carbocycles. The fourth-order valence-electron chi connectivity index (χ4n) is 1.26. The van der Waals surface area contributed by atoms with E-state index in [1.807, 2.05) is 13.8 Å². The van der Waals surface area contributed by atoms with Gasteiger partial charge >= 0.3 is 0 Å². The van der Waals surface area contributed by atoms with Gasteiger partial charge in [-0.05, 0) is 29.8 Å². The summed E-state index contributed by atoms with van der Waals surface area (Å²) in [7, 11) is -2.91. The molecule has 0 aliphatic rings. The van der Waals surface area contributed by atoms with Gasteiger partial charge in [0.15, 0.2) is 9.84 Å². The normalized spacial score (nSPS) is 12.0. The van der Waals surface area contributed by atoms with Crippen LogP contribution in [-0.4, -0.2) is 29.7 Å². The summed E-state index contributed by atoms with van der Waals surface area (Å²) < 4.78 is 25.3. The van der Waals surface area contributed by atoms with Crippen LogP contribution in [0.25, 0.3) is 0 Å². The Kier molecular flexibility index (Phi) is 3.94. The monoisotopic (exact) mass is 294 g/mol. The molecular weight excluding hydrogens is 280 g/mol. The number of halogens is 1. The third-order valence-corrected chi connectivity index (χ3v) is 5.18. The highest BCUT2D eigenvalue weighted by atomic mass is 79.9. The summed E-state index contributed by atoms with van der Waals surface area (Å²) in [6.45, 7) is 5.89. The molecule has 0 spiro atoms. The third-order valence-electron chi connectivity index (χ3n) is 2.35. The van der Waals surface area contributed by atoms with Crippen molar-refractivity contribution in [1.82, 2.24) is 9.78 Å². The molecule has 15 heavy (non-hydrogen) atoms. The molecule has 0 saturated heterocycles. The van der Waals surface area contributed by atoms with Crippen molar-refractivity contribution >= 4 is 25.8 Å². The van der Waals surface area contributed by atoms with Crippen LogP contribution in [-0.2, 0) is 16.4 Å². The van der Waals surface area contributed by atoms with Gasteiger partial charge in [0.1, 0.15) is 0 Å². The van der Waals surface area contributed by atoms with Gasteiger partial charge in [0, 0.05) is 11.4 Å². The number of aromatic nitrogens is 2. The van der Waals surface area contributed by atoms with Gasteiger partial charge in [-0.1, -0.05) is 6.92 Å². The lowest BCUT2D eigenvalue weighted by Crippen LogP contribution is -2.16. The predicted molar refractivity (Wildman–Crippen MR) is 63.7 cm³/mol. The second kappa shape index (κ2) is 4.65. The molecule has 0 aromatic carbocycles. The van der Waals surface area contributed by atoms with E-state index in [9.17, 15) is 8.42 Å². The topological polar surface area (TPSA) is 52.0 Å². The van der Waals surface area contributed by atoms with Gasteiger partial charge in [0.05, 0.1) is 22.5 Å². The van der Waals surface area contributed by atoms with E-state index in [0.717, 1.165) is 15.9 Å². The van der Waals surface area contributed by atoms with Crippen molar-refractivity contribution in [2.45, 2.75) is 27.3 Å². The first-order valence-electron chi connectivity index (χ1n) is 4.77. The van der Waals surface area contributed by atoms with Crippen molar-refractivity contribution in [3.05, 3.63) is 15.9 Å². The Morgan fingerprint density at radius 2 is 2.00 bits per heavy atom. The van der Waals surface area contributed by atoms with Crippen molar-refractivity contribution in [2.75, 3.05) is 11.5 Å². The Bertz CT molecular complexity index is 451. The van der Waals surface area contributed by atoms with Crippen molar-refractivity contribution < 1.29 is 8.42 Å².